The molecule has 3 N–H and O–H groups in total. The molecule has 3 atom stereocenters. The Morgan fingerprint density at radius 1 is 1.23 bits per heavy atom. The first kappa shape index (κ1) is 15.5. The molecule has 1 aliphatic heterocycles. The monoisotopic (exact) mass is 347 g/mol. The Morgan fingerprint density at radius 3 is 3.00 bits per heavy atom. The van der Waals surface area contributed by atoms with Crippen LogP contribution in [0.5, 0.6) is 0 Å². The first-order chi connectivity index (χ1) is 12.8. The van der Waals surface area contributed by atoms with Crippen LogP contribution in [0.1, 0.15) is 29.8 Å². The molecular formula is C20H21N5O. The largest absolute Gasteiger partial charge is 0.361 e. The zero-order valence-electron chi connectivity index (χ0n) is 14.4. The van der Waals surface area contributed by atoms with Crippen molar-refractivity contribution in [1.29, 1.82) is 0 Å². The molecule has 1 saturated heterocycles. The molecule has 2 fully saturated rings. The fraction of sp³-hybridized carbons (Fsp3) is 0.350. The van der Waals surface area contributed by atoms with Gasteiger partial charge >= 0.3 is 0 Å². The molecule has 0 unspecified atom stereocenters. The molecule has 0 spiro atoms. The van der Waals surface area contributed by atoms with Crippen molar-refractivity contribution in [3.05, 3.63) is 48.5 Å². The number of benzene rings is 1. The Hall–Kier alpha value is -2.73. The van der Waals surface area contributed by atoms with Gasteiger partial charge in [0, 0.05) is 48.3 Å². The molecule has 132 valence electrons. The van der Waals surface area contributed by atoms with Crippen LogP contribution >= 0.6 is 0 Å². The predicted octanol–water partition coefficient (Wildman–Crippen LogP) is 2.58. The average molecular weight is 347 g/mol. The Kier molecular flexibility index (Phi) is 3.53. The van der Waals surface area contributed by atoms with Crippen molar-refractivity contribution < 1.29 is 4.79 Å². The number of carbonyl (C=O) groups excluding carboxylic acids is 1. The summed E-state index contributed by atoms with van der Waals surface area (Å²) in [5, 5.41) is 1.13. The minimum Gasteiger partial charge on any atom is -0.361 e. The van der Waals surface area contributed by atoms with Crippen LogP contribution in [0, 0.1) is 5.92 Å². The van der Waals surface area contributed by atoms with Gasteiger partial charge in [0.2, 0.25) is 0 Å². The smallest absolute Gasteiger partial charge is 0.275 e. The second kappa shape index (κ2) is 5.92. The number of nitrogens with zero attached hydrogens (tertiary/aromatic N) is 3. The number of amides is 1. The van der Waals surface area contributed by atoms with Crippen molar-refractivity contribution in [3.8, 4) is 11.3 Å². The molecule has 2 aromatic heterocycles. The second-order valence-corrected chi connectivity index (χ2v) is 7.28. The standard InChI is InChI=1S/C20H21N5O/c21-11-17-13-3-4-15(9-13)25(17)20(26)19-18(23-7-8-24-19)14-2-1-12-5-6-22-16(12)10-14/h1-2,5-8,10,13,15,17,22H,3-4,9,11,21H2/t13-,15+,17+/m0/s1. The Morgan fingerprint density at radius 2 is 2.12 bits per heavy atom. The summed E-state index contributed by atoms with van der Waals surface area (Å²) in [4.78, 5) is 27.5. The van der Waals surface area contributed by atoms with E-state index in [9.17, 15) is 4.79 Å². The van der Waals surface area contributed by atoms with Crippen LogP contribution in [-0.4, -0.2) is 44.4 Å². The van der Waals surface area contributed by atoms with E-state index in [1.54, 1.807) is 12.4 Å². The van der Waals surface area contributed by atoms with Crippen molar-refractivity contribution >= 4 is 16.8 Å². The number of nitrogens with two attached hydrogens (primary N) is 1. The van der Waals surface area contributed by atoms with Crippen LogP contribution in [0.2, 0.25) is 0 Å². The van der Waals surface area contributed by atoms with Gasteiger partial charge in [-0.25, -0.2) is 4.98 Å². The highest BCUT2D eigenvalue weighted by Crippen LogP contribution is 2.43. The van der Waals surface area contributed by atoms with Gasteiger partial charge < -0.3 is 15.6 Å². The molecule has 1 aliphatic carbocycles. The highest BCUT2D eigenvalue weighted by Gasteiger charge is 2.48. The van der Waals surface area contributed by atoms with Crippen LogP contribution in [0.25, 0.3) is 22.2 Å². The number of rotatable bonds is 3. The Balaban J connectivity index is 1.56. The van der Waals surface area contributed by atoms with E-state index in [1.807, 2.05) is 35.4 Å². The molecule has 1 saturated carbocycles. The molecule has 0 radical (unpaired) electrons. The van der Waals surface area contributed by atoms with Crippen LogP contribution in [0.15, 0.2) is 42.9 Å². The number of aromatic nitrogens is 3. The zero-order chi connectivity index (χ0) is 17.7. The fourth-order valence-electron chi connectivity index (χ4n) is 4.74. The third-order valence-corrected chi connectivity index (χ3v) is 5.95. The first-order valence-electron chi connectivity index (χ1n) is 9.17. The summed E-state index contributed by atoms with van der Waals surface area (Å²) in [6, 6.07) is 8.49. The van der Waals surface area contributed by atoms with Gasteiger partial charge in [0.15, 0.2) is 5.69 Å². The maximum Gasteiger partial charge on any atom is 0.275 e. The van der Waals surface area contributed by atoms with Crippen LogP contribution < -0.4 is 5.73 Å². The summed E-state index contributed by atoms with van der Waals surface area (Å²) < 4.78 is 0. The average Bonchev–Trinajstić information content (AvgIpc) is 3.41. The maximum atomic E-state index is 13.4. The third-order valence-electron chi connectivity index (χ3n) is 5.95. The van der Waals surface area contributed by atoms with Gasteiger partial charge in [-0.05, 0) is 42.7 Å². The van der Waals surface area contributed by atoms with Crippen molar-refractivity contribution in [2.45, 2.75) is 31.3 Å². The van der Waals surface area contributed by atoms with E-state index in [0.717, 1.165) is 29.3 Å². The van der Waals surface area contributed by atoms with Gasteiger partial charge in [-0.15, -0.1) is 0 Å². The van der Waals surface area contributed by atoms with Crippen LogP contribution in [0.3, 0.4) is 0 Å². The summed E-state index contributed by atoms with van der Waals surface area (Å²) in [7, 11) is 0. The van der Waals surface area contributed by atoms with E-state index in [-0.39, 0.29) is 11.9 Å². The van der Waals surface area contributed by atoms with Gasteiger partial charge in [-0.3, -0.25) is 9.78 Å². The Bertz CT molecular complexity index is 981. The van der Waals surface area contributed by atoms with Crippen molar-refractivity contribution in [2.24, 2.45) is 11.7 Å². The van der Waals surface area contributed by atoms with Crippen molar-refractivity contribution in [2.75, 3.05) is 6.54 Å². The molecule has 26 heavy (non-hydrogen) atoms. The maximum absolute atomic E-state index is 13.4. The predicted molar refractivity (Wildman–Crippen MR) is 99.5 cm³/mol. The van der Waals surface area contributed by atoms with E-state index in [4.69, 9.17) is 5.73 Å². The lowest BCUT2D eigenvalue weighted by Gasteiger charge is -2.34. The number of fused-ring (bicyclic) bond motifs is 3. The number of hydrogen-bond acceptors (Lipinski definition) is 4. The second-order valence-electron chi connectivity index (χ2n) is 7.28. The molecule has 1 aromatic carbocycles. The molecule has 2 bridgehead atoms. The van der Waals surface area contributed by atoms with Gasteiger partial charge in [-0.2, -0.15) is 0 Å². The van der Waals surface area contributed by atoms with Crippen LogP contribution in [-0.2, 0) is 0 Å². The molecule has 6 heteroatoms. The van der Waals surface area contributed by atoms with Crippen LogP contribution in [0.4, 0.5) is 0 Å². The summed E-state index contributed by atoms with van der Waals surface area (Å²) in [5.41, 5.74) is 8.96. The molecule has 3 heterocycles. The van der Waals surface area contributed by atoms with Gasteiger partial charge in [0.1, 0.15) is 5.69 Å². The number of aromatic amines is 1. The summed E-state index contributed by atoms with van der Waals surface area (Å²) in [6.07, 6.45) is 8.45. The van der Waals surface area contributed by atoms with E-state index in [1.165, 1.54) is 6.42 Å². The molecule has 2 aliphatic rings. The molecular weight excluding hydrogens is 326 g/mol. The number of hydrogen-bond donors (Lipinski definition) is 2. The summed E-state index contributed by atoms with van der Waals surface area (Å²) >= 11 is 0. The fourth-order valence-corrected chi connectivity index (χ4v) is 4.74. The zero-order valence-corrected chi connectivity index (χ0v) is 14.4. The van der Waals surface area contributed by atoms with Crippen molar-refractivity contribution in [3.63, 3.8) is 0 Å². The molecule has 1 amide bonds. The number of piperidine rings is 1. The Labute approximate surface area is 151 Å². The number of likely N-dealkylation sites (tertiary alicyclic amines) is 1. The molecule has 3 aromatic rings. The summed E-state index contributed by atoms with van der Waals surface area (Å²) in [6.45, 7) is 0.511. The van der Waals surface area contributed by atoms with E-state index >= 15 is 0 Å². The highest BCUT2D eigenvalue weighted by molar-refractivity contribution is 5.99. The lowest BCUT2D eigenvalue weighted by atomic mass is 9.98. The number of nitrogens with one attached hydrogen (secondary N) is 1. The SMILES string of the molecule is NC[C@@H]1[C@H]2CC[C@H](C2)N1C(=O)c1nccnc1-c1ccc2cc[nH]c2c1. The normalized spacial score (nSPS) is 24.5. The van der Waals surface area contributed by atoms with E-state index in [0.29, 0.717) is 29.9 Å². The lowest BCUT2D eigenvalue weighted by molar-refractivity contribution is 0.0596. The van der Waals surface area contributed by atoms with Gasteiger partial charge in [0.05, 0.1) is 0 Å². The minimum absolute atomic E-state index is 0.0395. The van der Waals surface area contributed by atoms with E-state index < -0.39 is 0 Å². The highest BCUT2D eigenvalue weighted by atomic mass is 16.2. The number of carbonyl (C=O) groups is 1. The van der Waals surface area contributed by atoms with E-state index in [2.05, 4.69) is 15.0 Å². The summed E-state index contributed by atoms with van der Waals surface area (Å²) in [5.74, 6) is 0.492. The van der Waals surface area contributed by atoms with Gasteiger partial charge in [-0.1, -0.05) is 12.1 Å². The lowest BCUT2D eigenvalue weighted by Crippen LogP contribution is -2.48. The van der Waals surface area contributed by atoms with Crippen molar-refractivity contribution in [1.82, 2.24) is 19.9 Å². The third kappa shape index (κ3) is 2.25. The quantitative estimate of drug-likeness (QED) is 0.762. The number of H-pyrrole nitrogens is 1. The minimum atomic E-state index is -0.0395. The first-order valence-corrected chi connectivity index (χ1v) is 9.17. The molecule has 5 rings (SSSR count). The molecule has 6 nitrogen and oxygen atoms in total. The van der Waals surface area contributed by atoms with Gasteiger partial charge in [0.25, 0.3) is 5.91 Å². The topological polar surface area (TPSA) is 87.9 Å².